The maximum Gasteiger partial charge on any atom is 0.123 e. The number of H-pyrrole nitrogens is 2. The van der Waals surface area contributed by atoms with Crippen molar-refractivity contribution in [3.8, 4) is 22.5 Å². The van der Waals surface area contributed by atoms with Crippen LogP contribution in [0.3, 0.4) is 0 Å². The lowest BCUT2D eigenvalue weighted by Crippen LogP contribution is -2.42. The molecule has 8 rings (SSSR count). The number of hydrogen-bond donors (Lipinski definition) is 4. The number of aromatic amines is 2. The standard InChI is InChI=1S/C33H36N6/c1-19-14-27-25(19)16-29(37-27)33-35-18-31(39-33)23-10-6-21(7-11-23)3-2-20-4-8-22(9-5-20)30-17-34-32(38-30)28-15-24-12-13-26(24)36-28/h2-11,17-19,24-29,36-37H,12-16H2,1H3,(H,34,38)(H,35,39). The Bertz CT molecular complexity index is 1480. The molecule has 7 unspecified atom stereocenters. The van der Waals surface area contributed by atoms with E-state index in [9.17, 15) is 0 Å². The van der Waals surface area contributed by atoms with Gasteiger partial charge in [-0.25, -0.2) is 9.97 Å². The number of hydrogen-bond acceptors (Lipinski definition) is 4. The van der Waals surface area contributed by atoms with Crippen LogP contribution >= 0.6 is 0 Å². The lowest BCUT2D eigenvalue weighted by molar-refractivity contribution is 0.169. The molecule has 2 aromatic carbocycles. The fourth-order valence-electron chi connectivity index (χ4n) is 7.28. The highest BCUT2D eigenvalue weighted by molar-refractivity contribution is 5.72. The normalized spacial score (nSPS) is 31.2. The summed E-state index contributed by atoms with van der Waals surface area (Å²) in [5, 5.41) is 7.50. The van der Waals surface area contributed by atoms with Crippen LogP contribution in [0.4, 0.5) is 0 Å². The van der Waals surface area contributed by atoms with Gasteiger partial charge < -0.3 is 20.6 Å². The van der Waals surface area contributed by atoms with Gasteiger partial charge in [-0.2, -0.15) is 0 Å². The van der Waals surface area contributed by atoms with Gasteiger partial charge in [0, 0.05) is 12.1 Å². The molecule has 39 heavy (non-hydrogen) atoms. The predicted octanol–water partition coefficient (Wildman–Crippen LogP) is 6.51. The van der Waals surface area contributed by atoms with Crippen molar-refractivity contribution in [1.82, 2.24) is 30.6 Å². The van der Waals surface area contributed by atoms with Gasteiger partial charge in [-0.3, -0.25) is 0 Å². The van der Waals surface area contributed by atoms with Crippen LogP contribution in [0, 0.1) is 17.8 Å². The van der Waals surface area contributed by atoms with E-state index < -0.39 is 0 Å². The number of fused-ring (bicyclic) bond motifs is 2. The molecule has 0 radical (unpaired) electrons. The fraction of sp³-hybridized carbons (Fsp3) is 0.394. The third kappa shape index (κ3) is 4.26. The van der Waals surface area contributed by atoms with Crippen molar-refractivity contribution in [2.75, 3.05) is 0 Å². The number of imidazole rings is 2. The number of rotatable bonds is 6. The van der Waals surface area contributed by atoms with Crippen molar-refractivity contribution in [1.29, 1.82) is 0 Å². The Morgan fingerprint density at radius 1 is 0.667 bits per heavy atom. The minimum absolute atomic E-state index is 0.363. The van der Waals surface area contributed by atoms with Gasteiger partial charge in [0.1, 0.15) is 11.6 Å². The average molecular weight is 517 g/mol. The third-order valence-electron chi connectivity index (χ3n) is 9.93. The van der Waals surface area contributed by atoms with Gasteiger partial charge in [-0.05, 0) is 72.1 Å². The van der Waals surface area contributed by atoms with E-state index in [-0.39, 0.29) is 0 Å². The molecule has 4 aliphatic rings. The second-order valence-electron chi connectivity index (χ2n) is 12.3. The molecule has 198 valence electrons. The molecule has 2 saturated heterocycles. The molecule has 6 nitrogen and oxygen atoms in total. The predicted molar refractivity (Wildman–Crippen MR) is 156 cm³/mol. The second-order valence-corrected chi connectivity index (χ2v) is 12.3. The summed E-state index contributed by atoms with van der Waals surface area (Å²) < 4.78 is 0. The molecule has 7 atom stereocenters. The maximum absolute atomic E-state index is 4.71. The summed E-state index contributed by atoms with van der Waals surface area (Å²) in [5.41, 5.74) is 6.88. The summed E-state index contributed by atoms with van der Waals surface area (Å²) in [4.78, 5) is 16.5. The van der Waals surface area contributed by atoms with Crippen molar-refractivity contribution >= 4 is 12.2 Å². The summed E-state index contributed by atoms with van der Waals surface area (Å²) >= 11 is 0. The Morgan fingerprint density at radius 3 is 1.69 bits per heavy atom. The molecule has 6 heteroatoms. The van der Waals surface area contributed by atoms with Crippen molar-refractivity contribution in [2.45, 2.75) is 63.2 Å². The van der Waals surface area contributed by atoms with Crippen LogP contribution in [-0.2, 0) is 0 Å². The van der Waals surface area contributed by atoms with Crippen LogP contribution in [0.2, 0.25) is 0 Å². The minimum atomic E-state index is 0.363. The largest absolute Gasteiger partial charge is 0.341 e. The molecular formula is C33H36N6. The van der Waals surface area contributed by atoms with E-state index in [1.165, 1.54) is 54.4 Å². The SMILES string of the molecule is CC1CC2NC(c3ncc(-c4ccc(C=Cc5ccc(-c6cnc(C7CC8CCC8N7)[nH]6)cc5)cc4)[nH]3)CC12. The van der Waals surface area contributed by atoms with Crippen molar-refractivity contribution in [2.24, 2.45) is 17.8 Å². The van der Waals surface area contributed by atoms with E-state index in [4.69, 9.17) is 4.98 Å². The van der Waals surface area contributed by atoms with Crippen molar-refractivity contribution < 1.29 is 0 Å². The van der Waals surface area contributed by atoms with Gasteiger partial charge >= 0.3 is 0 Å². The van der Waals surface area contributed by atoms with Crippen LogP contribution < -0.4 is 10.6 Å². The van der Waals surface area contributed by atoms with Crippen LogP contribution in [0.15, 0.2) is 60.9 Å². The van der Waals surface area contributed by atoms with E-state index in [2.05, 4.69) is 93.2 Å². The highest BCUT2D eigenvalue weighted by atomic mass is 15.1. The summed E-state index contributed by atoms with van der Waals surface area (Å²) in [7, 11) is 0. The number of nitrogens with one attached hydrogen (secondary N) is 4. The van der Waals surface area contributed by atoms with Gasteiger partial charge in [0.15, 0.2) is 0 Å². The van der Waals surface area contributed by atoms with Gasteiger partial charge in [-0.15, -0.1) is 0 Å². The van der Waals surface area contributed by atoms with Crippen LogP contribution in [0.5, 0.6) is 0 Å². The molecule has 2 saturated carbocycles. The lowest BCUT2D eigenvalue weighted by Gasteiger charge is -2.37. The zero-order chi connectivity index (χ0) is 25.9. The van der Waals surface area contributed by atoms with Gasteiger partial charge in [-0.1, -0.05) is 67.6 Å². The molecule has 0 spiro atoms. The van der Waals surface area contributed by atoms with E-state index in [0.717, 1.165) is 40.8 Å². The minimum Gasteiger partial charge on any atom is -0.341 e. The molecule has 4 heterocycles. The highest BCUT2D eigenvalue weighted by Gasteiger charge is 2.46. The summed E-state index contributed by atoms with van der Waals surface area (Å²) in [6, 6.07) is 19.5. The van der Waals surface area contributed by atoms with Crippen LogP contribution in [0.1, 0.15) is 73.9 Å². The van der Waals surface area contributed by atoms with E-state index in [1.54, 1.807) is 0 Å². The molecule has 4 aromatic rings. The third-order valence-corrected chi connectivity index (χ3v) is 9.93. The molecule has 4 fully saturated rings. The first-order valence-electron chi connectivity index (χ1n) is 14.7. The Labute approximate surface area is 229 Å². The zero-order valence-corrected chi connectivity index (χ0v) is 22.4. The van der Waals surface area contributed by atoms with Crippen LogP contribution in [0.25, 0.3) is 34.7 Å². The van der Waals surface area contributed by atoms with Crippen molar-refractivity contribution in [3.05, 3.63) is 83.7 Å². The topological polar surface area (TPSA) is 81.4 Å². The molecule has 0 bridgehead atoms. The summed E-state index contributed by atoms with van der Waals surface area (Å²) in [5.74, 6) is 4.67. The second kappa shape index (κ2) is 9.32. The summed E-state index contributed by atoms with van der Waals surface area (Å²) in [6.07, 6.45) is 14.7. The molecule has 4 N–H and O–H groups in total. The average Bonchev–Trinajstić information content (AvgIpc) is 3.74. The lowest BCUT2D eigenvalue weighted by atomic mass is 9.71. The smallest absolute Gasteiger partial charge is 0.123 e. The van der Waals surface area contributed by atoms with Gasteiger partial charge in [0.25, 0.3) is 0 Å². The Balaban J connectivity index is 0.900. The highest BCUT2D eigenvalue weighted by Crippen LogP contribution is 2.46. The Morgan fingerprint density at radius 2 is 1.23 bits per heavy atom. The maximum atomic E-state index is 4.71. The number of benzene rings is 2. The van der Waals surface area contributed by atoms with Gasteiger partial charge in [0.05, 0.1) is 35.9 Å². The fourth-order valence-corrected chi connectivity index (χ4v) is 7.28. The Kier molecular flexibility index (Phi) is 5.59. The van der Waals surface area contributed by atoms with E-state index >= 15 is 0 Å². The molecule has 2 aliphatic heterocycles. The van der Waals surface area contributed by atoms with E-state index in [0.29, 0.717) is 24.2 Å². The first-order chi connectivity index (χ1) is 19.2. The zero-order valence-electron chi connectivity index (χ0n) is 22.4. The number of nitrogens with zero attached hydrogens (tertiary/aromatic N) is 2. The monoisotopic (exact) mass is 516 g/mol. The Hall–Kier alpha value is -3.48. The molecule has 2 aromatic heterocycles. The quantitative estimate of drug-likeness (QED) is 0.220. The molecule has 0 amide bonds. The summed E-state index contributed by atoms with van der Waals surface area (Å²) in [6.45, 7) is 2.37. The molecular weight excluding hydrogens is 480 g/mol. The molecule has 2 aliphatic carbocycles. The van der Waals surface area contributed by atoms with E-state index in [1.807, 2.05) is 12.4 Å². The first-order valence-corrected chi connectivity index (χ1v) is 14.7. The number of aromatic nitrogens is 4. The van der Waals surface area contributed by atoms with Gasteiger partial charge in [0.2, 0.25) is 0 Å². The first kappa shape index (κ1) is 23.4. The van der Waals surface area contributed by atoms with Crippen LogP contribution in [-0.4, -0.2) is 32.0 Å². The van der Waals surface area contributed by atoms with Crippen molar-refractivity contribution in [3.63, 3.8) is 0 Å².